The molecule has 0 bridgehead atoms. The molecule has 0 radical (unpaired) electrons. The summed E-state index contributed by atoms with van der Waals surface area (Å²) in [7, 11) is 0. The minimum atomic E-state index is -1.15. The topological polar surface area (TPSA) is 66.0 Å². The van der Waals surface area contributed by atoms with Crippen LogP contribution >= 0.6 is 11.6 Å². The van der Waals surface area contributed by atoms with Crippen LogP contribution in [-0.4, -0.2) is 21.3 Å². The predicted molar refractivity (Wildman–Crippen MR) is 56.0 cm³/mol. The zero-order valence-electron chi connectivity index (χ0n) is 7.87. The highest BCUT2D eigenvalue weighted by atomic mass is 35.5. The molecule has 4 nitrogen and oxygen atoms in total. The molecule has 0 saturated heterocycles. The molecule has 0 saturated carbocycles. The van der Waals surface area contributed by atoms with Crippen LogP contribution in [0.25, 0.3) is 11.3 Å². The fourth-order valence-corrected chi connectivity index (χ4v) is 1.45. The minimum Gasteiger partial charge on any atom is -0.477 e. The first-order valence-corrected chi connectivity index (χ1v) is 4.70. The molecule has 2 aromatic rings. The van der Waals surface area contributed by atoms with E-state index < -0.39 is 11.8 Å². The molecule has 0 atom stereocenters. The van der Waals surface area contributed by atoms with Crippen molar-refractivity contribution in [2.24, 2.45) is 0 Å². The number of hydrogen-bond donors (Lipinski definition) is 2. The molecule has 0 aliphatic rings. The standard InChI is InChI=1S/C10H6ClFN2O2/c11-6-3-1-2-5(9(6)12)7-4-8(10(15)16)14-13-7/h1-4H,(H,13,14)(H,15,16). The van der Waals surface area contributed by atoms with Crippen LogP contribution in [0.5, 0.6) is 0 Å². The predicted octanol–water partition coefficient (Wildman–Crippen LogP) is 2.57. The number of aromatic nitrogens is 2. The monoisotopic (exact) mass is 240 g/mol. The number of benzene rings is 1. The second kappa shape index (κ2) is 3.94. The summed E-state index contributed by atoms with van der Waals surface area (Å²) in [5, 5.41) is 14.6. The van der Waals surface area contributed by atoms with E-state index in [0.29, 0.717) is 0 Å². The molecular weight excluding hydrogens is 235 g/mol. The highest BCUT2D eigenvalue weighted by molar-refractivity contribution is 6.31. The Morgan fingerprint density at radius 2 is 2.25 bits per heavy atom. The molecule has 0 spiro atoms. The number of carbonyl (C=O) groups is 1. The Bertz CT molecular complexity index is 554. The lowest BCUT2D eigenvalue weighted by atomic mass is 10.1. The van der Waals surface area contributed by atoms with E-state index in [-0.39, 0.29) is 22.0 Å². The summed E-state index contributed by atoms with van der Waals surface area (Å²) >= 11 is 5.60. The second-order valence-electron chi connectivity index (χ2n) is 3.07. The van der Waals surface area contributed by atoms with E-state index in [0.717, 1.165) is 0 Å². The minimum absolute atomic E-state index is 0.0302. The number of carboxylic acid groups (broad SMARTS) is 1. The normalized spacial score (nSPS) is 10.4. The molecule has 0 aliphatic carbocycles. The summed E-state index contributed by atoms with van der Waals surface area (Å²) in [6, 6.07) is 5.70. The summed E-state index contributed by atoms with van der Waals surface area (Å²) < 4.78 is 13.6. The SMILES string of the molecule is O=C(O)c1cc(-c2cccc(Cl)c2F)n[nH]1. The molecule has 0 aliphatic heterocycles. The average molecular weight is 241 g/mol. The van der Waals surface area contributed by atoms with E-state index in [4.69, 9.17) is 16.7 Å². The van der Waals surface area contributed by atoms with Gasteiger partial charge in [-0.3, -0.25) is 5.10 Å². The van der Waals surface area contributed by atoms with E-state index in [1.807, 2.05) is 0 Å². The van der Waals surface area contributed by atoms with Crippen molar-refractivity contribution >= 4 is 17.6 Å². The maximum Gasteiger partial charge on any atom is 0.353 e. The highest BCUT2D eigenvalue weighted by Crippen LogP contribution is 2.26. The number of halogens is 2. The van der Waals surface area contributed by atoms with Crippen LogP contribution in [0.1, 0.15) is 10.5 Å². The number of aromatic amines is 1. The van der Waals surface area contributed by atoms with E-state index in [9.17, 15) is 9.18 Å². The molecule has 82 valence electrons. The fourth-order valence-electron chi connectivity index (χ4n) is 1.27. The van der Waals surface area contributed by atoms with Crippen LogP contribution in [-0.2, 0) is 0 Å². The Kier molecular flexibility index (Phi) is 2.62. The molecule has 0 unspecified atom stereocenters. The van der Waals surface area contributed by atoms with Crippen molar-refractivity contribution in [1.82, 2.24) is 10.2 Å². The third-order valence-electron chi connectivity index (χ3n) is 2.04. The first-order valence-electron chi connectivity index (χ1n) is 4.32. The van der Waals surface area contributed by atoms with Crippen LogP contribution in [0.2, 0.25) is 5.02 Å². The number of aromatic carboxylic acids is 1. The summed E-state index contributed by atoms with van der Waals surface area (Å²) in [4.78, 5) is 10.6. The van der Waals surface area contributed by atoms with Gasteiger partial charge in [-0.2, -0.15) is 5.10 Å². The maximum absolute atomic E-state index is 13.6. The van der Waals surface area contributed by atoms with Crippen molar-refractivity contribution in [3.63, 3.8) is 0 Å². The summed E-state index contributed by atoms with van der Waals surface area (Å²) in [6.45, 7) is 0. The second-order valence-corrected chi connectivity index (χ2v) is 3.48. The van der Waals surface area contributed by atoms with Crippen LogP contribution < -0.4 is 0 Å². The first kappa shape index (κ1) is 10.6. The Balaban J connectivity index is 2.50. The van der Waals surface area contributed by atoms with E-state index >= 15 is 0 Å². The Morgan fingerprint density at radius 3 is 2.88 bits per heavy atom. The number of carboxylic acids is 1. The van der Waals surface area contributed by atoms with Crippen molar-refractivity contribution in [2.45, 2.75) is 0 Å². The van der Waals surface area contributed by atoms with Gasteiger partial charge in [-0.15, -0.1) is 0 Å². The Hall–Kier alpha value is -1.88. The highest BCUT2D eigenvalue weighted by Gasteiger charge is 2.13. The van der Waals surface area contributed by atoms with Crippen LogP contribution in [0, 0.1) is 5.82 Å². The number of nitrogens with one attached hydrogen (secondary N) is 1. The van der Waals surface area contributed by atoms with Crippen molar-refractivity contribution < 1.29 is 14.3 Å². The fraction of sp³-hybridized carbons (Fsp3) is 0. The Morgan fingerprint density at radius 1 is 1.50 bits per heavy atom. The molecule has 1 heterocycles. The molecule has 2 N–H and O–H groups in total. The summed E-state index contributed by atoms with van der Waals surface area (Å²) in [5.74, 6) is -1.77. The zero-order valence-corrected chi connectivity index (χ0v) is 8.62. The van der Waals surface area contributed by atoms with Gasteiger partial charge in [0, 0.05) is 5.56 Å². The van der Waals surface area contributed by atoms with E-state index in [1.54, 1.807) is 6.07 Å². The number of H-pyrrole nitrogens is 1. The lowest BCUT2D eigenvalue weighted by Gasteiger charge is -1.99. The quantitative estimate of drug-likeness (QED) is 0.848. The number of rotatable bonds is 2. The maximum atomic E-state index is 13.6. The molecule has 0 fully saturated rings. The average Bonchev–Trinajstić information content (AvgIpc) is 2.71. The van der Waals surface area contributed by atoms with Gasteiger partial charge in [-0.1, -0.05) is 17.7 Å². The number of hydrogen-bond acceptors (Lipinski definition) is 2. The Labute approximate surface area is 94.7 Å². The summed E-state index contributed by atoms with van der Waals surface area (Å²) in [5.41, 5.74) is 0.267. The third kappa shape index (κ3) is 1.77. The molecule has 1 aromatic heterocycles. The number of nitrogens with zero attached hydrogens (tertiary/aromatic N) is 1. The lowest BCUT2D eigenvalue weighted by Crippen LogP contribution is -1.95. The smallest absolute Gasteiger partial charge is 0.353 e. The zero-order chi connectivity index (χ0) is 11.7. The van der Waals surface area contributed by atoms with Gasteiger partial charge in [0.1, 0.15) is 5.69 Å². The van der Waals surface area contributed by atoms with Gasteiger partial charge >= 0.3 is 5.97 Å². The molecule has 16 heavy (non-hydrogen) atoms. The third-order valence-corrected chi connectivity index (χ3v) is 2.33. The van der Waals surface area contributed by atoms with Gasteiger partial charge < -0.3 is 5.11 Å². The van der Waals surface area contributed by atoms with Crippen molar-refractivity contribution in [3.8, 4) is 11.3 Å². The van der Waals surface area contributed by atoms with Gasteiger partial charge in [-0.05, 0) is 18.2 Å². The van der Waals surface area contributed by atoms with Gasteiger partial charge in [0.05, 0.1) is 10.7 Å². The van der Waals surface area contributed by atoms with Gasteiger partial charge in [0.15, 0.2) is 5.82 Å². The molecular formula is C10H6ClFN2O2. The van der Waals surface area contributed by atoms with Crippen LogP contribution in [0.3, 0.4) is 0 Å². The van der Waals surface area contributed by atoms with Crippen LogP contribution in [0.4, 0.5) is 4.39 Å². The van der Waals surface area contributed by atoms with Crippen molar-refractivity contribution in [3.05, 3.63) is 40.8 Å². The van der Waals surface area contributed by atoms with Crippen molar-refractivity contribution in [1.29, 1.82) is 0 Å². The lowest BCUT2D eigenvalue weighted by molar-refractivity contribution is 0.0690. The van der Waals surface area contributed by atoms with E-state index in [1.165, 1.54) is 18.2 Å². The van der Waals surface area contributed by atoms with Gasteiger partial charge in [0.2, 0.25) is 0 Å². The van der Waals surface area contributed by atoms with Gasteiger partial charge in [-0.25, -0.2) is 9.18 Å². The molecule has 6 heteroatoms. The molecule has 2 rings (SSSR count). The largest absolute Gasteiger partial charge is 0.477 e. The van der Waals surface area contributed by atoms with E-state index in [2.05, 4.69) is 10.2 Å². The summed E-state index contributed by atoms with van der Waals surface area (Å²) in [6.07, 6.45) is 0. The molecule has 0 amide bonds. The van der Waals surface area contributed by atoms with Gasteiger partial charge in [0.25, 0.3) is 0 Å². The molecule has 1 aromatic carbocycles. The first-order chi connectivity index (χ1) is 7.59. The van der Waals surface area contributed by atoms with Crippen molar-refractivity contribution in [2.75, 3.05) is 0 Å². The van der Waals surface area contributed by atoms with Crippen LogP contribution in [0.15, 0.2) is 24.3 Å².